The van der Waals surface area contributed by atoms with E-state index in [0.717, 1.165) is 5.06 Å². The second-order valence-corrected chi connectivity index (χ2v) is 4.18. The third-order valence-electron chi connectivity index (χ3n) is 2.24. The summed E-state index contributed by atoms with van der Waals surface area (Å²) >= 11 is 11.5. The number of carbonyl (C=O) groups is 2. The van der Waals surface area contributed by atoms with Crippen LogP contribution < -0.4 is 5.06 Å². The third-order valence-corrected chi connectivity index (χ3v) is 2.98. The molecule has 1 aliphatic heterocycles. The van der Waals surface area contributed by atoms with Gasteiger partial charge in [-0.1, -0.05) is 23.2 Å². The van der Waals surface area contributed by atoms with Crippen LogP contribution in [0.15, 0.2) is 18.2 Å². The summed E-state index contributed by atoms with van der Waals surface area (Å²) in [6.07, 6.45) is 0. The molecule has 0 radical (unpaired) electrons. The number of anilines is 1. The second kappa shape index (κ2) is 3.96. The number of rotatable bonds is 1. The van der Waals surface area contributed by atoms with Crippen LogP contribution in [-0.4, -0.2) is 11.9 Å². The molecule has 1 heterocycles. The minimum Gasteiger partial charge on any atom is -0.332 e. The molecule has 84 valence electrons. The highest BCUT2D eigenvalue weighted by Gasteiger charge is 2.39. The van der Waals surface area contributed by atoms with E-state index < -0.39 is 17.8 Å². The topological polar surface area (TPSA) is 46.6 Å². The lowest BCUT2D eigenvalue weighted by atomic mass is 10.2. The molecule has 0 bridgehead atoms. The minimum atomic E-state index is -0.783. The molecule has 0 saturated carbocycles. The van der Waals surface area contributed by atoms with Gasteiger partial charge in [0.1, 0.15) is 5.92 Å². The van der Waals surface area contributed by atoms with Crippen molar-refractivity contribution in [3.8, 4) is 0 Å². The first-order chi connectivity index (χ1) is 7.50. The molecular weight excluding hydrogens is 253 g/mol. The molecule has 1 fully saturated rings. The van der Waals surface area contributed by atoms with Gasteiger partial charge in [-0.3, -0.25) is 4.79 Å². The summed E-state index contributed by atoms with van der Waals surface area (Å²) in [7, 11) is 0. The number of halogens is 2. The molecule has 4 nitrogen and oxygen atoms in total. The fraction of sp³-hybridized carbons (Fsp3) is 0.200. The van der Waals surface area contributed by atoms with Crippen LogP contribution in [0.3, 0.4) is 0 Å². The zero-order valence-corrected chi connectivity index (χ0v) is 9.75. The molecule has 0 N–H and O–H groups in total. The van der Waals surface area contributed by atoms with Crippen molar-refractivity contribution in [2.45, 2.75) is 6.92 Å². The molecule has 6 heteroatoms. The lowest BCUT2D eigenvalue weighted by Gasteiger charge is -2.13. The average molecular weight is 260 g/mol. The predicted molar refractivity (Wildman–Crippen MR) is 59.2 cm³/mol. The van der Waals surface area contributed by atoms with Gasteiger partial charge in [-0.25, -0.2) is 4.79 Å². The van der Waals surface area contributed by atoms with E-state index >= 15 is 0 Å². The Morgan fingerprint density at radius 2 is 1.94 bits per heavy atom. The van der Waals surface area contributed by atoms with E-state index in [-0.39, 0.29) is 0 Å². The highest BCUT2D eigenvalue weighted by molar-refractivity contribution is 6.42. The number of benzene rings is 1. The second-order valence-electron chi connectivity index (χ2n) is 3.36. The third kappa shape index (κ3) is 1.74. The molecule has 1 unspecified atom stereocenters. The van der Waals surface area contributed by atoms with Crippen LogP contribution >= 0.6 is 23.2 Å². The van der Waals surface area contributed by atoms with Crippen LogP contribution in [0.5, 0.6) is 0 Å². The van der Waals surface area contributed by atoms with Crippen molar-refractivity contribution in [1.29, 1.82) is 0 Å². The minimum absolute atomic E-state index is 0.294. The summed E-state index contributed by atoms with van der Waals surface area (Å²) in [5, 5.41) is 1.59. The Hall–Kier alpha value is -1.26. The van der Waals surface area contributed by atoms with E-state index in [9.17, 15) is 9.59 Å². The fourth-order valence-corrected chi connectivity index (χ4v) is 1.57. The molecule has 0 spiro atoms. The Labute approximate surface area is 102 Å². The Kier molecular flexibility index (Phi) is 2.78. The first-order valence-corrected chi connectivity index (χ1v) is 5.27. The average Bonchev–Trinajstić information content (AvgIpc) is 2.50. The lowest BCUT2D eigenvalue weighted by molar-refractivity contribution is -0.141. The lowest BCUT2D eigenvalue weighted by Crippen LogP contribution is -2.24. The van der Waals surface area contributed by atoms with Gasteiger partial charge < -0.3 is 4.84 Å². The molecule has 1 saturated heterocycles. The van der Waals surface area contributed by atoms with Gasteiger partial charge in [0.2, 0.25) is 0 Å². The zero-order valence-electron chi connectivity index (χ0n) is 8.24. The first-order valence-electron chi connectivity index (χ1n) is 4.51. The van der Waals surface area contributed by atoms with Crippen LogP contribution in [0.2, 0.25) is 10.0 Å². The van der Waals surface area contributed by atoms with Gasteiger partial charge in [-0.05, 0) is 25.1 Å². The van der Waals surface area contributed by atoms with E-state index in [1.54, 1.807) is 6.07 Å². The normalized spacial score (nSPS) is 20.2. The SMILES string of the molecule is CC1C(=O)ON(c2ccc(Cl)c(Cl)c2)C1=O. The Bertz CT molecular complexity index is 475. The van der Waals surface area contributed by atoms with E-state index in [1.165, 1.54) is 19.1 Å². The van der Waals surface area contributed by atoms with E-state index in [2.05, 4.69) is 0 Å². The van der Waals surface area contributed by atoms with Crippen molar-refractivity contribution >= 4 is 40.8 Å². The molecule has 0 aliphatic carbocycles. The molecule has 16 heavy (non-hydrogen) atoms. The van der Waals surface area contributed by atoms with Gasteiger partial charge in [0, 0.05) is 0 Å². The Balaban J connectivity index is 2.35. The van der Waals surface area contributed by atoms with Gasteiger partial charge in [0.15, 0.2) is 0 Å². The molecular formula is C10H7Cl2NO3. The largest absolute Gasteiger partial charge is 0.345 e. The molecule has 0 aromatic heterocycles. The van der Waals surface area contributed by atoms with Crippen molar-refractivity contribution in [2.75, 3.05) is 5.06 Å². The van der Waals surface area contributed by atoms with Crippen LogP contribution in [0.4, 0.5) is 5.69 Å². The van der Waals surface area contributed by atoms with E-state index in [1.807, 2.05) is 0 Å². The zero-order chi connectivity index (χ0) is 11.9. The monoisotopic (exact) mass is 259 g/mol. The van der Waals surface area contributed by atoms with Crippen molar-refractivity contribution in [3.05, 3.63) is 28.2 Å². The number of hydrogen-bond donors (Lipinski definition) is 0. The van der Waals surface area contributed by atoms with Crippen molar-refractivity contribution < 1.29 is 14.4 Å². The number of amides is 1. The first kappa shape index (κ1) is 11.2. The number of hydroxylamine groups is 1. The van der Waals surface area contributed by atoms with Crippen molar-refractivity contribution in [1.82, 2.24) is 0 Å². The van der Waals surface area contributed by atoms with E-state index in [0.29, 0.717) is 15.7 Å². The summed E-state index contributed by atoms with van der Waals surface area (Å²) in [4.78, 5) is 27.6. The number of hydrogen-bond acceptors (Lipinski definition) is 3. The molecule has 2 rings (SSSR count). The Morgan fingerprint density at radius 3 is 2.44 bits per heavy atom. The predicted octanol–water partition coefficient (Wildman–Crippen LogP) is 2.43. The highest BCUT2D eigenvalue weighted by atomic mass is 35.5. The van der Waals surface area contributed by atoms with Crippen molar-refractivity contribution in [2.24, 2.45) is 5.92 Å². The smallest absolute Gasteiger partial charge is 0.332 e. The van der Waals surface area contributed by atoms with E-state index in [4.69, 9.17) is 28.0 Å². The molecule has 1 aromatic rings. The number of nitrogens with zero attached hydrogens (tertiary/aromatic N) is 1. The van der Waals surface area contributed by atoms with Crippen LogP contribution in [0.25, 0.3) is 0 Å². The standard InChI is InChI=1S/C10H7Cl2NO3/c1-5-9(14)13(16-10(5)15)6-2-3-7(11)8(12)4-6/h2-5H,1H3. The van der Waals surface area contributed by atoms with Gasteiger partial charge in [-0.15, -0.1) is 5.06 Å². The van der Waals surface area contributed by atoms with Crippen LogP contribution in [0.1, 0.15) is 6.92 Å². The maximum absolute atomic E-state index is 11.6. The molecule has 1 aliphatic rings. The molecule has 1 atom stereocenters. The fourth-order valence-electron chi connectivity index (χ4n) is 1.28. The summed E-state index contributed by atoms with van der Waals surface area (Å²) in [5.74, 6) is -1.77. The van der Waals surface area contributed by atoms with Gasteiger partial charge in [0.25, 0.3) is 5.91 Å². The maximum Gasteiger partial charge on any atom is 0.345 e. The van der Waals surface area contributed by atoms with Gasteiger partial charge >= 0.3 is 5.97 Å². The van der Waals surface area contributed by atoms with Crippen LogP contribution in [0, 0.1) is 5.92 Å². The quantitative estimate of drug-likeness (QED) is 0.728. The highest BCUT2D eigenvalue weighted by Crippen LogP contribution is 2.30. The van der Waals surface area contributed by atoms with Gasteiger partial charge in [0.05, 0.1) is 15.7 Å². The summed E-state index contributed by atoms with van der Waals surface area (Å²) in [6.45, 7) is 1.49. The number of carbonyl (C=O) groups excluding carboxylic acids is 2. The molecule has 1 amide bonds. The molecule has 1 aromatic carbocycles. The van der Waals surface area contributed by atoms with Crippen molar-refractivity contribution in [3.63, 3.8) is 0 Å². The Morgan fingerprint density at radius 1 is 1.25 bits per heavy atom. The van der Waals surface area contributed by atoms with Gasteiger partial charge in [-0.2, -0.15) is 0 Å². The summed E-state index contributed by atoms with van der Waals surface area (Å²) < 4.78 is 0. The summed E-state index contributed by atoms with van der Waals surface area (Å²) in [6, 6.07) is 4.55. The van der Waals surface area contributed by atoms with Crippen LogP contribution in [-0.2, 0) is 14.4 Å². The maximum atomic E-state index is 11.6. The summed E-state index contributed by atoms with van der Waals surface area (Å²) in [5.41, 5.74) is 0.386.